The predicted octanol–water partition coefficient (Wildman–Crippen LogP) is 3.67. The monoisotopic (exact) mass is 436 g/mol. The van der Waals surface area contributed by atoms with Crippen LogP contribution in [0.1, 0.15) is 24.4 Å². The molecule has 0 spiro atoms. The third-order valence-electron chi connectivity index (χ3n) is 4.98. The zero-order valence-corrected chi connectivity index (χ0v) is 17.4. The number of hydrogen-bond acceptors (Lipinski definition) is 5. The molecule has 8 heteroatoms. The maximum absolute atomic E-state index is 13.1. The number of anilines is 1. The summed E-state index contributed by atoms with van der Waals surface area (Å²) in [5.41, 5.74) is 1.32. The number of ether oxygens (including phenoxy) is 1. The fourth-order valence-corrected chi connectivity index (χ4v) is 3.79. The van der Waals surface area contributed by atoms with Crippen molar-refractivity contribution in [2.45, 2.75) is 31.0 Å². The van der Waals surface area contributed by atoms with E-state index in [0.717, 1.165) is 0 Å². The standard InChI is InChI=1S/C21H22Cl2N2O4/c1-29-21(28)17-8-5-11-25(17)20(27)19(26)18(13-6-3-2-4-7-13)24-14-9-10-15(22)16(23)12-14/h2-4,6-7,9-10,12,17-19,24,26H,5,8,11H2,1H3/t17-,18+,19-/m0/s1. The number of hydrogen-bond donors (Lipinski definition) is 2. The summed E-state index contributed by atoms with van der Waals surface area (Å²) < 4.78 is 4.80. The normalized spacial score (nSPS) is 18.2. The van der Waals surface area contributed by atoms with Gasteiger partial charge in [0.25, 0.3) is 5.91 Å². The first-order valence-corrected chi connectivity index (χ1v) is 10.0. The van der Waals surface area contributed by atoms with Crippen molar-refractivity contribution in [3.8, 4) is 0 Å². The summed E-state index contributed by atoms with van der Waals surface area (Å²) >= 11 is 12.1. The van der Waals surface area contributed by atoms with Crippen LogP contribution in [0.4, 0.5) is 5.69 Å². The summed E-state index contributed by atoms with van der Waals surface area (Å²) in [6.45, 7) is 0.393. The first-order valence-electron chi connectivity index (χ1n) is 9.25. The van der Waals surface area contributed by atoms with Gasteiger partial charge in [0.05, 0.1) is 23.2 Å². The van der Waals surface area contributed by atoms with Crippen molar-refractivity contribution in [1.82, 2.24) is 4.90 Å². The van der Waals surface area contributed by atoms with Gasteiger partial charge in [0.15, 0.2) is 6.10 Å². The largest absolute Gasteiger partial charge is 0.467 e. The molecule has 2 aromatic carbocycles. The molecule has 29 heavy (non-hydrogen) atoms. The maximum atomic E-state index is 13.1. The topological polar surface area (TPSA) is 78.9 Å². The lowest BCUT2D eigenvalue weighted by Crippen LogP contribution is -2.48. The van der Waals surface area contributed by atoms with Gasteiger partial charge in [-0.05, 0) is 36.6 Å². The number of halogens is 2. The van der Waals surface area contributed by atoms with Crippen LogP contribution in [0.15, 0.2) is 48.5 Å². The smallest absolute Gasteiger partial charge is 0.328 e. The van der Waals surface area contributed by atoms with Crippen molar-refractivity contribution in [2.24, 2.45) is 0 Å². The second-order valence-electron chi connectivity index (χ2n) is 6.82. The molecule has 1 saturated heterocycles. The van der Waals surface area contributed by atoms with E-state index >= 15 is 0 Å². The molecular weight excluding hydrogens is 415 g/mol. The number of amides is 1. The molecule has 154 valence electrons. The molecule has 0 saturated carbocycles. The minimum Gasteiger partial charge on any atom is -0.467 e. The third-order valence-corrected chi connectivity index (χ3v) is 5.72. The molecule has 2 aromatic rings. The molecule has 0 unspecified atom stereocenters. The van der Waals surface area contributed by atoms with E-state index in [2.05, 4.69) is 5.32 Å². The number of rotatable bonds is 6. The fraction of sp³-hybridized carbons (Fsp3) is 0.333. The highest BCUT2D eigenvalue weighted by molar-refractivity contribution is 6.42. The first-order chi connectivity index (χ1) is 13.9. The number of aliphatic hydroxyl groups is 1. The summed E-state index contributed by atoms with van der Waals surface area (Å²) in [7, 11) is 1.29. The molecule has 0 aliphatic carbocycles. The maximum Gasteiger partial charge on any atom is 0.328 e. The molecule has 1 fully saturated rings. The van der Waals surface area contributed by atoms with Gasteiger partial charge in [0, 0.05) is 12.2 Å². The summed E-state index contributed by atoms with van der Waals surface area (Å²) in [6, 6.07) is 12.7. The van der Waals surface area contributed by atoms with Crippen LogP contribution in [0, 0.1) is 0 Å². The SMILES string of the molecule is COC(=O)[C@@H]1CCCN1C(=O)[C@@H](O)[C@H](Nc1ccc(Cl)c(Cl)c1)c1ccccc1. The molecule has 6 nitrogen and oxygen atoms in total. The lowest BCUT2D eigenvalue weighted by atomic mass is 9.99. The molecule has 1 aliphatic heterocycles. The van der Waals surface area contributed by atoms with Gasteiger partial charge in [0.2, 0.25) is 0 Å². The van der Waals surface area contributed by atoms with Gasteiger partial charge in [-0.15, -0.1) is 0 Å². The average Bonchev–Trinajstić information content (AvgIpc) is 3.23. The van der Waals surface area contributed by atoms with Gasteiger partial charge in [-0.3, -0.25) is 4.79 Å². The highest BCUT2D eigenvalue weighted by atomic mass is 35.5. The van der Waals surface area contributed by atoms with E-state index in [0.29, 0.717) is 40.7 Å². The Bertz CT molecular complexity index is 878. The van der Waals surface area contributed by atoms with Crippen LogP contribution in [-0.2, 0) is 14.3 Å². The molecule has 3 atom stereocenters. The molecule has 0 bridgehead atoms. The molecule has 1 aliphatic rings. The van der Waals surface area contributed by atoms with Crippen molar-refractivity contribution in [2.75, 3.05) is 19.0 Å². The number of nitrogens with one attached hydrogen (secondary N) is 1. The van der Waals surface area contributed by atoms with E-state index < -0.39 is 30.1 Å². The molecule has 1 heterocycles. The van der Waals surface area contributed by atoms with Crippen molar-refractivity contribution in [3.05, 3.63) is 64.1 Å². The van der Waals surface area contributed by atoms with Crippen LogP contribution in [0.5, 0.6) is 0 Å². The second-order valence-corrected chi connectivity index (χ2v) is 7.63. The molecular formula is C21H22Cl2N2O4. The Morgan fingerprint density at radius 1 is 1.17 bits per heavy atom. The summed E-state index contributed by atoms with van der Waals surface area (Å²) in [5.74, 6) is -1.00. The van der Waals surface area contributed by atoms with E-state index in [4.69, 9.17) is 27.9 Å². The van der Waals surface area contributed by atoms with Crippen molar-refractivity contribution >= 4 is 40.8 Å². The highest BCUT2D eigenvalue weighted by Crippen LogP contribution is 2.30. The number of carbonyl (C=O) groups is 2. The summed E-state index contributed by atoms with van der Waals surface area (Å²) in [6.07, 6.45) is -0.229. The highest BCUT2D eigenvalue weighted by Gasteiger charge is 2.40. The Morgan fingerprint density at radius 2 is 1.90 bits per heavy atom. The van der Waals surface area contributed by atoms with Crippen molar-refractivity contribution in [3.63, 3.8) is 0 Å². The second kappa shape index (κ2) is 9.48. The van der Waals surface area contributed by atoms with Crippen LogP contribution in [0.3, 0.4) is 0 Å². The Labute approximate surface area is 179 Å². The minimum absolute atomic E-state index is 0.356. The number of esters is 1. The average molecular weight is 437 g/mol. The van der Waals surface area contributed by atoms with Crippen molar-refractivity contribution in [1.29, 1.82) is 0 Å². The lowest BCUT2D eigenvalue weighted by molar-refractivity contribution is -0.154. The van der Waals surface area contributed by atoms with Crippen LogP contribution in [0.2, 0.25) is 10.0 Å². The number of aliphatic hydroxyl groups excluding tert-OH is 1. The van der Waals surface area contributed by atoms with Gasteiger partial charge in [0.1, 0.15) is 6.04 Å². The number of methoxy groups -OCH3 is 1. The Balaban J connectivity index is 1.88. The fourth-order valence-electron chi connectivity index (χ4n) is 3.49. The quantitative estimate of drug-likeness (QED) is 0.675. The Kier molecular flexibility index (Phi) is 7.00. The van der Waals surface area contributed by atoms with Gasteiger partial charge in [-0.25, -0.2) is 4.79 Å². The van der Waals surface area contributed by atoms with E-state index in [9.17, 15) is 14.7 Å². The van der Waals surface area contributed by atoms with Crippen molar-refractivity contribution < 1.29 is 19.4 Å². The Morgan fingerprint density at radius 3 is 2.55 bits per heavy atom. The zero-order chi connectivity index (χ0) is 21.0. The van der Waals surface area contributed by atoms with Crippen LogP contribution in [-0.4, -0.2) is 47.7 Å². The van der Waals surface area contributed by atoms with Gasteiger partial charge >= 0.3 is 5.97 Å². The number of carbonyl (C=O) groups excluding carboxylic acids is 2. The number of likely N-dealkylation sites (tertiary alicyclic amines) is 1. The van der Waals surface area contributed by atoms with Crippen LogP contribution < -0.4 is 5.32 Å². The molecule has 0 aromatic heterocycles. The molecule has 2 N–H and O–H groups in total. The molecule has 1 amide bonds. The van der Waals surface area contributed by atoms with E-state index in [1.807, 2.05) is 30.3 Å². The summed E-state index contributed by atoms with van der Waals surface area (Å²) in [5, 5.41) is 14.9. The first kappa shape index (κ1) is 21.4. The third kappa shape index (κ3) is 4.83. The lowest BCUT2D eigenvalue weighted by Gasteiger charge is -2.30. The van der Waals surface area contributed by atoms with E-state index in [1.54, 1.807) is 18.2 Å². The van der Waals surface area contributed by atoms with E-state index in [1.165, 1.54) is 12.0 Å². The Hall–Kier alpha value is -2.28. The van der Waals surface area contributed by atoms with Gasteiger partial charge in [-0.2, -0.15) is 0 Å². The van der Waals surface area contributed by atoms with Gasteiger partial charge in [-0.1, -0.05) is 53.5 Å². The van der Waals surface area contributed by atoms with Crippen LogP contribution in [0.25, 0.3) is 0 Å². The zero-order valence-electron chi connectivity index (χ0n) is 15.8. The molecule has 0 radical (unpaired) electrons. The summed E-state index contributed by atoms with van der Waals surface area (Å²) in [4.78, 5) is 26.5. The van der Waals surface area contributed by atoms with Gasteiger partial charge < -0.3 is 20.1 Å². The predicted molar refractivity (Wildman–Crippen MR) is 112 cm³/mol. The number of nitrogens with zero attached hydrogens (tertiary/aromatic N) is 1. The number of benzene rings is 2. The molecule has 3 rings (SSSR count). The minimum atomic E-state index is -1.42. The van der Waals surface area contributed by atoms with E-state index in [-0.39, 0.29) is 0 Å². The van der Waals surface area contributed by atoms with Crippen LogP contribution >= 0.6 is 23.2 Å².